The van der Waals surface area contributed by atoms with Gasteiger partial charge >= 0.3 is 0 Å². The van der Waals surface area contributed by atoms with Crippen LogP contribution >= 0.6 is 15.9 Å². The first-order valence-electron chi connectivity index (χ1n) is 6.05. The normalized spacial score (nSPS) is 16.1. The van der Waals surface area contributed by atoms with Gasteiger partial charge in [0.2, 0.25) is 5.91 Å². The second-order valence-corrected chi connectivity index (χ2v) is 5.56. The average Bonchev–Trinajstić information content (AvgIpc) is 2.80. The molecular formula is C13H17BrN2O. The molecular weight excluding hydrogens is 280 g/mol. The average molecular weight is 297 g/mol. The maximum Gasteiger partial charge on any atom is 0.228 e. The first-order chi connectivity index (χ1) is 8.16. The summed E-state index contributed by atoms with van der Waals surface area (Å²) in [6.45, 7) is 0. The van der Waals surface area contributed by atoms with Gasteiger partial charge in [-0.25, -0.2) is 4.98 Å². The van der Waals surface area contributed by atoms with Crippen molar-refractivity contribution in [2.24, 2.45) is 5.92 Å². The largest absolute Gasteiger partial charge is 0.300 e. The van der Waals surface area contributed by atoms with Crippen LogP contribution in [0.4, 0.5) is 5.82 Å². The molecule has 0 saturated heterocycles. The smallest absolute Gasteiger partial charge is 0.228 e. The van der Waals surface area contributed by atoms with Crippen LogP contribution in [0, 0.1) is 5.92 Å². The van der Waals surface area contributed by atoms with E-state index in [9.17, 15) is 4.79 Å². The lowest BCUT2D eigenvalue weighted by Crippen LogP contribution is -2.28. The Hall–Kier alpha value is -0.900. The highest BCUT2D eigenvalue weighted by Gasteiger charge is 2.21. The quantitative estimate of drug-likeness (QED) is 0.857. The number of anilines is 1. The number of rotatable bonds is 3. The van der Waals surface area contributed by atoms with Crippen LogP contribution in [0.3, 0.4) is 0 Å². The minimum atomic E-state index is 0.169. The van der Waals surface area contributed by atoms with Crippen LogP contribution in [-0.4, -0.2) is 17.9 Å². The summed E-state index contributed by atoms with van der Waals surface area (Å²) in [5.41, 5.74) is 0. The summed E-state index contributed by atoms with van der Waals surface area (Å²) in [6.07, 6.45) is 7.31. The van der Waals surface area contributed by atoms with Crippen molar-refractivity contribution in [3.8, 4) is 0 Å². The Labute approximate surface area is 110 Å². The van der Waals surface area contributed by atoms with Crippen LogP contribution in [0.5, 0.6) is 0 Å². The molecule has 1 aromatic rings. The van der Waals surface area contributed by atoms with E-state index in [1.807, 2.05) is 12.1 Å². The van der Waals surface area contributed by atoms with E-state index in [0.29, 0.717) is 18.2 Å². The van der Waals surface area contributed by atoms with Crippen molar-refractivity contribution in [1.29, 1.82) is 0 Å². The SMILES string of the molecule is CN(C(=O)CC1CCCC1)c1cc(Br)ccn1. The molecule has 1 aliphatic rings. The van der Waals surface area contributed by atoms with Crippen molar-refractivity contribution in [2.75, 3.05) is 11.9 Å². The molecule has 1 heterocycles. The van der Waals surface area contributed by atoms with E-state index >= 15 is 0 Å². The number of nitrogens with zero attached hydrogens (tertiary/aromatic N) is 2. The number of amides is 1. The van der Waals surface area contributed by atoms with Crippen molar-refractivity contribution in [1.82, 2.24) is 4.98 Å². The van der Waals surface area contributed by atoms with Crippen LogP contribution in [0.25, 0.3) is 0 Å². The Balaban J connectivity index is 1.98. The van der Waals surface area contributed by atoms with Crippen molar-refractivity contribution in [3.63, 3.8) is 0 Å². The van der Waals surface area contributed by atoms with E-state index in [1.165, 1.54) is 25.7 Å². The van der Waals surface area contributed by atoms with Gasteiger partial charge in [0.25, 0.3) is 0 Å². The van der Waals surface area contributed by atoms with Gasteiger partial charge in [0.15, 0.2) is 0 Å². The summed E-state index contributed by atoms with van der Waals surface area (Å²) in [5.74, 6) is 1.46. The van der Waals surface area contributed by atoms with Gasteiger partial charge in [0.05, 0.1) is 0 Å². The molecule has 0 aliphatic heterocycles. The Morgan fingerprint density at radius 1 is 1.53 bits per heavy atom. The highest BCUT2D eigenvalue weighted by molar-refractivity contribution is 9.10. The van der Waals surface area contributed by atoms with Crippen molar-refractivity contribution >= 4 is 27.7 Å². The van der Waals surface area contributed by atoms with Gasteiger partial charge in [-0.1, -0.05) is 28.8 Å². The van der Waals surface area contributed by atoms with Gasteiger partial charge < -0.3 is 0 Å². The summed E-state index contributed by atoms with van der Waals surface area (Å²) in [6, 6.07) is 3.73. The summed E-state index contributed by atoms with van der Waals surface area (Å²) >= 11 is 3.39. The number of pyridine rings is 1. The summed E-state index contributed by atoms with van der Waals surface area (Å²) in [4.78, 5) is 17.9. The molecule has 1 saturated carbocycles. The predicted octanol–water partition coefficient (Wildman–Crippen LogP) is 3.39. The zero-order chi connectivity index (χ0) is 12.3. The van der Waals surface area contributed by atoms with Gasteiger partial charge in [-0.15, -0.1) is 0 Å². The van der Waals surface area contributed by atoms with Crippen molar-refractivity contribution < 1.29 is 4.79 Å². The second-order valence-electron chi connectivity index (χ2n) is 4.64. The molecule has 1 aromatic heterocycles. The summed E-state index contributed by atoms with van der Waals surface area (Å²) < 4.78 is 0.947. The minimum Gasteiger partial charge on any atom is -0.300 e. The zero-order valence-electron chi connectivity index (χ0n) is 10.0. The predicted molar refractivity (Wildman–Crippen MR) is 71.9 cm³/mol. The molecule has 17 heavy (non-hydrogen) atoms. The fraction of sp³-hybridized carbons (Fsp3) is 0.538. The van der Waals surface area contributed by atoms with E-state index in [-0.39, 0.29) is 5.91 Å². The van der Waals surface area contributed by atoms with Crippen LogP contribution in [0.2, 0.25) is 0 Å². The van der Waals surface area contributed by atoms with Crippen LogP contribution in [-0.2, 0) is 4.79 Å². The van der Waals surface area contributed by atoms with E-state index in [2.05, 4.69) is 20.9 Å². The van der Waals surface area contributed by atoms with E-state index in [0.717, 1.165) is 4.47 Å². The first kappa shape index (κ1) is 12.6. The Kier molecular flexibility index (Phi) is 4.15. The van der Waals surface area contributed by atoms with E-state index < -0.39 is 0 Å². The molecule has 0 atom stereocenters. The molecule has 1 fully saturated rings. The molecule has 92 valence electrons. The van der Waals surface area contributed by atoms with Gasteiger partial charge in [0, 0.05) is 24.1 Å². The lowest BCUT2D eigenvalue weighted by atomic mass is 10.0. The molecule has 0 N–H and O–H groups in total. The Morgan fingerprint density at radius 3 is 2.88 bits per heavy atom. The maximum atomic E-state index is 12.1. The topological polar surface area (TPSA) is 33.2 Å². The van der Waals surface area contributed by atoms with Crippen molar-refractivity contribution in [2.45, 2.75) is 32.1 Å². The number of carbonyl (C=O) groups excluding carboxylic acids is 1. The van der Waals surface area contributed by atoms with E-state index in [1.54, 1.807) is 18.1 Å². The third-order valence-electron chi connectivity index (χ3n) is 3.36. The molecule has 0 unspecified atom stereocenters. The third-order valence-corrected chi connectivity index (χ3v) is 3.86. The number of aromatic nitrogens is 1. The zero-order valence-corrected chi connectivity index (χ0v) is 11.6. The molecule has 3 nitrogen and oxygen atoms in total. The molecule has 0 spiro atoms. The fourth-order valence-corrected chi connectivity index (χ4v) is 2.63. The Morgan fingerprint density at radius 2 is 2.24 bits per heavy atom. The monoisotopic (exact) mass is 296 g/mol. The Bertz CT molecular complexity index is 402. The van der Waals surface area contributed by atoms with Gasteiger partial charge in [-0.05, 0) is 30.9 Å². The minimum absolute atomic E-state index is 0.169. The fourth-order valence-electron chi connectivity index (χ4n) is 2.30. The highest BCUT2D eigenvalue weighted by atomic mass is 79.9. The second kappa shape index (κ2) is 5.63. The highest BCUT2D eigenvalue weighted by Crippen LogP contribution is 2.28. The number of halogens is 1. The molecule has 0 aromatic carbocycles. The maximum absolute atomic E-state index is 12.1. The van der Waals surface area contributed by atoms with Crippen LogP contribution in [0.1, 0.15) is 32.1 Å². The lowest BCUT2D eigenvalue weighted by molar-refractivity contribution is -0.119. The third kappa shape index (κ3) is 3.28. The van der Waals surface area contributed by atoms with Gasteiger partial charge in [0.1, 0.15) is 5.82 Å². The van der Waals surface area contributed by atoms with E-state index in [4.69, 9.17) is 0 Å². The molecule has 1 amide bonds. The molecule has 1 aliphatic carbocycles. The van der Waals surface area contributed by atoms with Gasteiger partial charge in [-0.3, -0.25) is 9.69 Å². The standard InChI is InChI=1S/C13H17BrN2O/c1-16(12-9-11(14)6-7-15-12)13(17)8-10-4-2-3-5-10/h6-7,9-10H,2-5,8H2,1H3. The molecule has 0 bridgehead atoms. The summed E-state index contributed by atoms with van der Waals surface area (Å²) in [5, 5.41) is 0. The summed E-state index contributed by atoms with van der Waals surface area (Å²) in [7, 11) is 1.80. The number of carbonyl (C=O) groups is 1. The van der Waals surface area contributed by atoms with Crippen LogP contribution in [0.15, 0.2) is 22.8 Å². The van der Waals surface area contributed by atoms with Crippen LogP contribution < -0.4 is 4.90 Å². The number of hydrogen-bond donors (Lipinski definition) is 0. The van der Waals surface area contributed by atoms with Gasteiger partial charge in [-0.2, -0.15) is 0 Å². The molecule has 0 radical (unpaired) electrons. The first-order valence-corrected chi connectivity index (χ1v) is 6.84. The molecule has 4 heteroatoms. The molecule has 2 rings (SSSR count). The lowest BCUT2D eigenvalue weighted by Gasteiger charge is -2.18. The number of hydrogen-bond acceptors (Lipinski definition) is 2. The van der Waals surface area contributed by atoms with Crippen molar-refractivity contribution in [3.05, 3.63) is 22.8 Å².